The Bertz CT molecular complexity index is 1560. The number of hydrogen-bond donors (Lipinski definition) is 0. The van der Waals surface area contributed by atoms with Crippen LogP contribution in [0.25, 0.3) is 23.3 Å². The third-order valence-electron chi connectivity index (χ3n) is 10.1. The molecule has 0 spiro atoms. The molecule has 0 N–H and O–H groups in total. The van der Waals surface area contributed by atoms with Crippen LogP contribution < -0.4 is 0 Å². The van der Waals surface area contributed by atoms with Gasteiger partial charge < -0.3 is 0 Å². The van der Waals surface area contributed by atoms with Gasteiger partial charge in [-0.25, -0.2) is 0 Å². The van der Waals surface area contributed by atoms with Gasteiger partial charge in [-0.15, -0.1) is 0 Å². The first-order valence-electron chi connectivity index (χ1n) is 15.5. The molecule has 0 saturated carbocycles. The molecular formula is C37H47Cl2SiZr. The van der Waals surface area contributed by atoms with Crippen LogP contribution in [-0.2, 0) is 15.6 Å². The molecule has 0 saturated heterocycles. The van der Waals surface area contributed by atoms with Gasteiger partial charge in [-0.1, -0.05) is 0 Å². The van der Waals surface area contributed by atoms with Gasteiger partial charge in [-0.05, 0) is 0 Å². The fraction of sp³-hybridized carbons (Fsp3) is 0.405. The standard InChI is InChI=1S/C18H25.C17H15.C2H7Si.2ClH.Zr/c1-11(2)14-7-16-8-15(12(3)4)10-18(16)17(9-14)13(5)6;1-12-10-16-13(2)8-9-15(17(16)11-12)14-6-4-3-5-7-14;1-3-2;;;/h7-13H,1-6H3;3-11H,1-2H3;3H,1-2H3;2*1H;/q;;;;;+2/p-2. The van der Waals surface area contributed by atoms with Crippen molar-refractivity contribution in [2.24, 2.45) is 5.92 Å². The van der Waals surface area contributed by atoms with Crippen molar-refractivity contribution in [2.75, 3.05) is 0 Å². The van der Waals surface area contributed by atoms with Gasteiger partial charge in [0.15, 0.2) is 0 Å². The molecule has 2 aliphatic rings. The van der Waals surface area contributed by atoms with E-state index in [1.165, 1.54) is 61.2 Å². The molecule has 2 aliphatic carbocycles. The number of halogens is 2. The fourth-order valence-corrected chi connectivity index (χ4v) is 39.9. The van der Waals surface area contributed by atoms with E-state index in [0.717, 1.165) is 0 Å². The van der Waals surface area contributed by atoms with Crippen LogP contribution in [0.2, 0.25) is 13.1 Å². The summed E-state index contributed by atoms with van der Waals surface area (Å²) < 4.78 is 0.255. The first kappa shape index (κ1) is 31.3. The van der Waals surface area contributed by atoms with E-state index in [4.69, 9.17) is 17.0 Å². The van der Waals surface area contributed by atoms with Gasteiger partial charge in [0.05, 0.1) is 0 Å². The van der Waals surface area contributed by atoms with Crippen LogP contribution in [0.15, 0.2) is 65.7 Å². The van der Waals surface area contributed by atoms with E-state index in [2.05, 4.69) is 135 Å². The summed E-state index contributed by atoms with van der Waals surface area (Å²) in [4.78, 5) is 0. The molecule has 0 amide bonds. The van der Waals surface area contributed by atoms with Gasteiger partial charge in [-0.2, -0.15) is 0 Å². The van der Waals surface area contributed by atoms with Gasteiger partial charge >= 0.3 is 260 Å². The molecule has 2 unspecified atom stereocenters. The maximum atomic E-state index is 8.62. The Kier molecular flexibility index (Phi) is 8.44. The van der Waals surface area contributed by atoms with E-state index in [9.17, 15) is 0 Å². The number of benzene rings is 3. The molecule has 3 aromatic rings. The van der Waals surface area contributed by atoms with E-state index >= 15 is 0 Å². The van der Waals surface area contributed by atoms with Crippen molar-refractivity contribution in [2.45, 2.75) is 87.6 Å². The molecule has 4 heteroatoms. The van der Waals surface area contributed by atoms with E-state index in [0.29, 0.717) is 17.8 Å². The van der Waals surface area contributed by atoms with Crippen molar-refractivity contribution in [3.63, 3.8) is 0 Å². The van der Waals surface area contributed by atoms with Crippen molar-refractivity contribution in [3.8, 4) is 11.1 Å². The Balaban J connectivity index is 1.84. The summed E-state index contributed by atoms with van der Waals surface area (Å²) in [6.45, 7) is 23.5. The molecule has 0 nitrogen and oxygen atoms in total. The number of aryl methyl sites for hydroxylation is 1. The predicted molar refractivity (Wildman–Crippen MR) is 184 cm³/mol. The molecule has 0 aliphatic heterocycles. The van der Waals surface area contributed by atoms with Crippen LogP contribution in [0, 0.1) is 12.8 Å². The van der Waals surface area contributed by atoms with Crippen LogP contribution >= 0.6 is 17.0 Å². The van der Waals surface area contributed by atoms with Crippen LogP contribution in [0.3, 0.4) is 0 Å². The second-order valence-corrected chi connectivity index (χ2v) is 56.5. The Morgan fingerprint density at radius 3 is 1.95 bits per heavy atom. The summed E-state index contributed by atoms with van der Waals surface area (Å²) in [5.41, 5.74) is 15.1. The molecule has 3 aromatic carbocycles. The summed E-state index contributed by atoms with van der Waals surface area (Å²) in [7, 11) is 17.2. The third-order valence-corrected chi connectivity index (χ3v) is 62.0. The van der Waals surface area contributed by atoms with Crippen molar-refractivity contribution < 1.29 is 15.6 Å². The maximum absolute atomic E-state index is 8.62. The summed E-state index contributed by atoms with van der Waals surface area (Å²) >= 11 is -4.77. The van der Waals surface area contributed by atoms with Crippen LogP contribution in [-0.4, -0.2) is 5.92 Å². The summed E-state index contributed by atoms with van der Waals surface area (Å²) in [5, 5.41) is 0. The SMILES string of the molecule is CC1=Cc2c(-c3ccccc3)ccc(C)c2[CH]1[Zr]([Cl])([Cl])([CH]1C(C(C)C)=Cc2c(C(C)C)cc(C(C)C)cc21)[SiH](C)C. The zero-order valence-electron chi connectivity index (χ0n) is 26.6. The van der Waals surface area contributed by atoms with Crippen molar-refractivity contribution in [1.82, 2.24) is 0 Å². The molecule has 2 atom stereocenters. The Morgan fingerprint density at radius 2 is 1.39 bits per heavy atom. The van der Waals surface area contributed by atoms with Gasteiger partial charge in [0.1, 0.15) is 0 Å². The first-order valence-corrected chi connectivity index (χ1v) is 31.8. The van der Waals surface area contributed by atoms with E-state index in [-0.39, 0.29) is 7.25 Å². The Hall–Kier alpha value is -1.18. The Morgan fingerprint density at radius 1 is 0.732 bits per heavy atom. The minimum absolute atomic E-state index is 0.119. The molecule has 0 heterocycles. The molecule has 0 aromatic heterocycles. The number of rotatable bonds is 7. The third kappa shape index (κ3) is 4.88. The van der Waals surface area contributed by atoms with E-state index < -0.39 is 21.5 Å². The summed E-state index contributed by atoms with van der Waals surface area (Å²) in [5.74, 6) is -0.310. The van der Waals surface area contributed by atoms with Gasteiger partial charge in [-0.3, -0.25) is 0 Å². The van der Waals surface area contributed by atoms with Gasteiger partial charge in [0, 0.05) is 0 Å². The first-order chi connectivity index (χ1) is 19.2. The predicted octanol–water partition coefficient (Wildman–Crippen LogP) is 12.1. The molecule has 5 rings (SSSR count). The van der Waals surface area contributed by atoms with E-state index in [1.807, 2.05) is 0 Å². The average molecular weight is 682 g/mol. The number of fused-ring (bicyclic) bond motifs is 2. The normalized spacial score (nSPS) is 19.5. The zero-order valence-corrected chi connectivity index (χ0v) is 31.7. The molecule has 0 radical (unpaired) electrons. The fourth-order valence-electron chi connectivity index (χ4n) is 7.72. The van der Waals surface area contributed by atoms with Crippen LogP contribution in [0.4, 0.5) is 0 Å². The number of allylic oxidation sites excluding steroid dienone is 2. The molecular weight excluding hydrogens is 635 g/mol. The number of hydrogen-bond acceptors (Lipinski definition) is 0. The second-order valence-electron chi connectivity index (χ2n) is 14.0. The van der Waals surface area contributed by atoms with Crippen LogP contribution in [0.1, 0.15) is 106 Å². The monoisotopic (exact) mass is 679 g/mol. The summed E-state index contributed by atoms with van der Waals surface area (Å²) in [6.07, 6.45) is 4.95. The average Bonchev–Trinajstić information content (AvgIpc) is 3.48. The van der Waals surface area contributed by atoms with Crippen LogP contribution in [0.5, 0.6) is 0 Å². The molecule has 41 heavy (non-hydrogen) atoms. The minimum atomic E-state index is -4.77. The van der Waals surface area contributed by atoms with Gasteiger partial charge in [0.25, 0.3) is 0 Å². The summed E-state index contributed by atoms with van der Waals surface area (Å²) in [6, 6.07) is 20.4. The Labute approximate surface area is 258 Å². The zero-order chi connectivity index (χ0) is 30.0. The topological polar surface area (TPSA) is 0 Å². The quantitative estimate of drug-likeness (QED) is 0.218. The molecule has 217 valence electrons. The second kappa shape index (κ2) is 11.1. The molecule has 0 bridgehead atoms. The van der Waals surface area contributed by atoms with E-state index in [1.54, 1.807) is 0 Å². The van der Waals surface area contributed by atoms with Crippen molar-refractivity contribution >= 4 is 35.1 Å². The van der Waals surface area contributed by atoms with Gasteiger partial charge in [0.2, 0.25) is 0 Å². The van der Waals surface area contributed by atoms with Crippen molar-refractivity contribution in [1.29, 1.82) is 0 Å². The van der Waals surface area contributed by atoms with Crippen molar-refractivity contribution in [3.05, 3.63) is 105 Å². The molecule has 0 fully saturated rings.